The molecule has 0 radical (unpaired) electrons. The van der Waals surface area contributed by atoms with Crippen molar-refractivity contribution in [3.8, 4) is 5.75 Å². The van der Waals surface area contributed by atoms with Gasteiger partial charge in [0, 0.05) is 10.6 Å². The first-order chi connectivity index (χ1) is 6.45. The van der Waals surface area contributed by atoms with E-state index in [1.807, 2.05) is 25.1 Å². The van der Waals surface area contributed by atoms with Crippen LogP contribution in [0.3, 0.4) is 0 Å². The highest BCUT2D eigenvalue weighted by Crippen LogP contribution is 2.33. The Morgan fingerprint density at radius 3 is 2.43 bits per heavy atom. The van der Waals surface area contributed by atoms with Crippen LogP contribution < -0.4 is 4.74 Å². The zero-order valence-electron chi connectivity index (χ0n) is 9.23. The van der Waals surface area contributed by atoms with Crippen LogP contribution in [0.4, 0.5) is 0 Å². The number of benzene rings is 1. The number of hydrogen-bond donors (Lipinski definition) is 0. The van der Waals surface area contributed by atoms with E-state index in [0.29, 0.717) is 6.61 Å². The van der Waals surface area contributed by atoms with E-state index in [2.05, 4.69) is 20.8 Å². The molecule has 0 aliphatic heterocycles. The molecule has 0 saturated heterocycles. The lowest BCUT2D eigenvalue weighted by Gasteiger charge is -2.22. The molecule has 1 nitrogen and oxygen atoms in total. The zero-order valence-corrected chi connectivity index (χ0v) is 9.98. The van der Waals surface area contributed by atoms with Crippen LogP contribution in [0, 0.1) is 0 Å². The van der Waals surface area contributed by atoms with Gasteiger partial charge in [-0.1, -0.05) is 32.4 Å². The molecule has 1 rings (SSSR count). The largest absolute Gasteiger partial charge is 0.494 e. The van der Waals surface area contributed by atoms with Gasteiger partial charge in [0.05, 0.1) is 6.61 Å². The summed E-state index contributed by atoms with van der Waals surface area (Å²) in [5.74, 6) is 0.935. The lowest BCUT2D eigenvalue weighted by Crippen LogP contribution is -2.13. The monoisotopic (exact) mass is 212 g/mol. The molecule has 0 N–H and O–H groups in total. The van der Waals surface area contributed by atoms with E-state index in [9.17, 15) is 0 Å². The third kappa shape index (κ3) is 2.65. The van der Waals surface area contributed by atoms with Crippen molar-refractivity contribution < 1.29 is 4.74 Å². The number of rotatable bonds is 2. The third-order valence-corrected chi connectivity index (χ3v) is 2.28. The van der Waals surface area contributed by atoms with Gasteiger partial charge in [0.1, 0.15) is 5.75 Å². The average molecular weight is 213 g/mol. The van der Waals surface area contributed by atoms with Crippen molar-refractivity contribution in [2.75, 3.05) is 6.61 Å². The molecule has 0 aromatic heterocycles. The molecule has 14 heavy (non-hydrogen) atoms. The quantitative estimate of drug-likeness (QED) is 0.719. The highest BCUT2D eigenvalue weighted by Gasteiger charge is 2.19. The summed E-state index contributed by atoms with van der Waals surface area (Å²) < 4.78 is 5.56. The van der Waals surface area contributed by atoms with Gasteiger partial charge in [-0.3, -0.25) is 0 Å². The van der Waals surface area contributed by atoms with E-state index in [-0.39, 0.29) is 5.41 Å². The van der Waals surface area contributed by atoms with Gasteiger partial charge < -0.3 is 4.74 Å². The Kier molecular flexibility index (Phi) is 3.43. The lowest BCUT2D eigenvalue weighted by molar-refractivity contribution is 0.330. The predicted molar refractivity (Wildman–Crippen MR) is 61.3 cm³/mol. The summed E-state index contributed by atoms with van der Waals surface area (Å²) in [6.45, 7) is 9.13. The molecule has 0 saturated carbocycles. The second kappa shape index (κ2) is 4.22. The van der Waals surface area contributed by atoms with Crippen LogP contribution in [-0.2, 0) is 5.41 Å². The van der Waals surface area contributed by atoms with E-state index >= 15 is 0 Å². The second-order valence-corrected chi connectivity index (χ2v) is 4.76. The van der Waals surface area contributed by atoms with Crippen molar-refractivity contribution in [2.45, 2.75) is 33.1 Å². The Balaban J connectivity index is 3.16. The molecule has 0 bridgehead atoms. The molecule has 0 heterocycles. The molecule has 0 unspecified atom stereocenters. The van der Waals surface area contributed by atoms with Gasteiger partial charge in [-0.15, -0.1) is 0 Å². The van der Waals surface area contributed by atoms with E-state index in [0.717, 1.165) is 16.3 Å². The normalized spacial score (nSPS) is 11.5. The van der Waals surface area contributed by atoms with Crippen molar-refractivity contribution in [3.63, 3.8) is 0 Å². The molecule has 0 fully saturated rings. The van der Waals surface area contributed by atoms with E-state index < -0.39 is 0 Å². The number of halogens is 1. The smallest absolute Gasteiger partial charge is 0.123 e. The van der Waals surface area contributed by atoms with Crippen LogP contribution in [0.15, 0.2) is 18.2 Å². The molecule has 1 aromatic rings. The predicted octanol–water partition coefficient (Wildman–Crippen LogP) is 4.04. The van der Waals surface area contributed by atoms with Crippen LogP contribution in [0.5, 0.6) is 5.75 Å². The minimum atomic E-state index is 0.0649. The molecule has 0 aliphatic carbocycles. The van der Waals surface area contributed by atoms with E-state index in [4.69, 9.17) is 16.3 Å². The fourth-order valence-corrected chi connectivity index (χ4v) is 1.54. The first-order valence-corrected chi connectivity index (χ1v) is 5.25. The van der Waals surface area contributed by atoms with Crippen LogP contribution >= 0.6 is 11.6 Å². The maximum atomic E-state index is 5.97. The summed E-state index contributed by atoms with van der Waals surface area (Å²) in [4.78, 5) is 0. The highest BCUT2D eigenvalue weighted by atomic mass is 35.5. The Morgan fingerprint density at radius 1 is 1.29 bits per heavy atom. The van der Waals surface area contributed by atoms with Crippen LogP contribution in [0.2, 0.25) is 5.02 Å². The van der Waals surface area contributed by atoms with Gasteiger partial charge in [-0.25, -0.2) is 0 Å². The average Bonchev–Trinajstić information content (AvgIpc) is 2.07. The fraction of sp³-hybridized carbons (Fsp3) is 0.500. The molecular formula is C12H17ClO. The molecule has 2 heteroatoms. The first-order valence-electron chi connectivity index (χ1n) is 4.88. The molecule has 0 atom stereocenters. The topological polar surface area (TPSA) is 9.23 Å². The molecule has 0 amide bonds. The molecular weight excluding hydrogens is 196 g/mol. The van der Waals surface area contributed by atoms with Gasteiger partial charge in [0.25, 0.3) is 0 Å². The summed E-state index contributed by atoms with van der Waals surface area (Å²) in [6.07, 6.45) is 0. The van der Waals surface area contributed by atoms with Crippen LogP contribution in [0.1, 0.15) is 33.3 Å². The SMILES string of the molecule is CCOc1ccc(Cl)cc1C(C)(C)C. The van der Waals surface area contributed by atoms with E-state index in [1.165, 1.54) is 0 Å². The lowest BCUT2D eigenvalue weighted by atomic mass is 9.86. The van der Waals surface area contributed by atoms with Crippen molar-refractivity contribution in [1.82, 2.24) is 0 Å². The number of hydrogen-bond acceptors (Lipinski definition) is 1. The fourth-order valence-electron chi connectivity index (χ4n) is 1.37. The van der Waals surface area contributed by atoms with Gasteiger partial charge in [0.2, 0.25) is 0 Å². The Hall–Kier alpha value is -0.690. The van der Waals surface area contributed by atoms with Gasteiger partial charge in [-0.2, -0.15) is 0 Å². The summed E-state index contributed by atoms with van der Waals surface area (Å²) in [7, 11) is 0. The maximum absolute atomic E-state index is 5.97. The minimum absolute atomic E-state index is 0.0649. The Morgan fingerprint density at radius 2 is 1.93 bits per heavy atom. The van der Waals surface area contributed by atoms with E-state index in [1.54, 1.807) is 0 Å². The molecule has 0 aliphatic rings. The first kappa shape index (κ1) is 11.4. The number of ether oxygens (including phenoxy) is 1. The van der Waals surface area contributed by atoms with Crippen molar-refractivity contribution in [3.05, 3.63) is 28.8 Å². The standard InChI is InChI=1S/C12H17ClO/c1-5-14-11-7-6-9(13)8-10(11)12(2,3)4/h6-8H,5H2,1-4H3. The summed E-state index contributed by atoms with van der Waals surface area (Å²) >= 11 is 5.97. The minimum Gasteiger partial charge on any atom is -0.494 e. The van der Waals surface area contributed by atoms with Gasteiger partial charge in [-0.05, 0) is 30.5 Å². The third-order valence-electron chi connectivity index (χ3n) is 2.05. The highest BCUT2D eigenvalue weighted by molar-refractivity contribution is 6.30. The summed E-state index contributed by atoms with van der Waals surface area (Å²) in [5, 5.41) is 0.762. The zero-order chi connectivity index (χ0) is 10.8. The summed E-state index contributed by atoms with van der Waals surface area (Å²) in [5.41, 5.74) is 1.22. The van der Waals surface area contributed by atoms with Crippen LogP contribution in [-0.4, -0.2) is 6.61 Å². The van der Waals surface area contributed by atoms with Crippen LogP contribution in [0.25, 0.3) is 0 Å². The Bertz CT molecular complexity index is 313. The van der Waals surface area contributed by atoms with Gasteiger partial charge in [0.15, 0.2) is 0 Å². The molecule has 0 spiro atoms. The van der Waals surface area contributed by atoms with Gasteiger partial charge >= 0.3 is 0 Å². The molecule has 78 valence electrons. The summed E-state index contributed by atoms with van der Waals surface area (Å²) in [6, 6.07) is 5.78. The maximum Gasteiger partial charge on any atom is 0.123 e. The van der Waals surface area contributed by atoms with Crippen molar-refractivity contribution in [1.29, 1.82) is 0 Å². The molecule has 1 aromatic carbocycles. The van der Waals surface area contributed by atoms with Crippen molar-refractivity contribution >= 4 is 11.6 Å². The second-order valence-electron chi connectivity index (χ2n) is 4.32. The van der Waals surface area contributed by atoms with Crippen molar-refractivity contribution in [2.24, 2.45) is 0 Å². The Labute approximate surface area is 91.0 Å².